The molecule has 0 saturated heterocycles. The lowest BCUT2D eigenvalue weighted by Gasteiger charge is -2.35. The molecule has 0 amide bonds. The van der Waals surface area contributed by atoms with Crippen LogP contribution < -0.4 is 18.9 Å². The minimum Gasteiger partial charge on any atom is -0.487 e. The molecule has 0 aliphatic heterocycles. The smallest absolute Gasteiger partial charge is 0.164 e. The number of benzene rings is 4. The second-order valence-corrected chi connectivity index (χ2v) is 12.3. The Labute approximate surface area is 303 Å². The summed E-state index contributed by atoms with van der Waals surface area (Å²) in [6.07, 6.45) is 0. The van der Waals surface area contributed by atoms with Crippen molar-refractivity contribution in [2.45, 2.75) is 47.0 Å². The lowest BCUT2D eigenvalue weighted by atomic mass is 9.67. The quantitative estimate of drug-likeness (QED) is 0.0669. The van der Waals surface area contributed by atoms with Gasteiger partial charge in [-0.3, -0.25) is 0 Å². The highest BCUT2D eigenvalue weighted by atomic mass is 16.6. The third-order valence-corrected chi connectivity index (χ3v) is 9.03. The lowest BCUT2D eigenvalue weighted by Crippen LogP contribution is -2.29. The van der Waals surface area contributed by atoms with Crippen LogP contribution >= 0.6 is 0 Å². The minimum atomic E-state index is -0.716. The van der Waals surface area contributed by atoms with Crippen molar-refractivity contribution >= 4 is 0 Å². The van der Waals surface area contributed by atoms with Gasteiger partial charge in [-0.05, 0) is 98.2 Å². The van der Waals surface area contributed by atoms with Gasteiger partial charge in [-0.1, -0.05) is 60.7 Å². The van der Waals surface area contributed by atoms with Crippen LogP contribution in [0.25, 0.3) is 11.1 Å². The topological polar surface area (TPSA) is 73.8 Å². The monoisotopic (exact) mass is 698 g/mol. The third-order valence-electron chi connectivity index (χ3n) is 9.03. The van der Waals surface area contributed by atoms with Crippen molar-refractivity contribution in [2.24, 2.45) is 0 Å². The number of fused-ring (bicyclic) bond motifs is 3. The van der Waals surface area contributed by atoms with Gasteiger partial charge in [-0.2, -0.15) is 0 Å². The standard InChI is InChI=1S/C43H54O8/c1-7-44-19-23-48-39-29-33(27-31(5)41(39)50-25-21-46-9-3)43(37-17-13-11-15-35(37)36-16-12-14-18-38(36)43)34-28-32(6)42(51-26-22-47-10-4)40(30-34)49-24-20-45-8-2/h11-18,27-30H,7-10,19-26H2,1-6H3. The molecule has 0 radical (unpaired) electrons. The van der Waals surface area contributed by atoms with Gasteiger partial charge in [0.2, 0.25) is 0 Å². The number of ether oxygens (including phenoxy) is 8. The van der Waals surface area contributed by atoms with Crippen molar-refractivity contribution in [1.82, 2.24) is 0 Å². The van der Waals surface area contributed by atoms with E-state index in [1.807, 2.05) is 27.7 Å². The molecule has 0 atom stereocenters. The predicted molar refractivity (Wildman–Crippen MR) is 201 cm³/mol. The molecule has 0 N–H and O–H groups in total. The van der Waals surface area contributed by atoms with Crippen LogP contribution in [0.15, 0.2) is 72.8 Å². The first-order valence-corrected chi connectivity index (χ1v) is 18.3. The van der Waals surface area contributed by atoms with Crippen LogP contribution in [0.1, 0.15) is 61.1 Å². The summed E-state index contributed by atoms with van der Waals surface area (Å²) in [4.78, 5) is 0. The third kappa shape index (κ3) is 8.53. The summed E-state index contributed by atoms with van der Waals surface area (Å²) < 4.78 is 48.1. The molecule has 8 nitrogen and oxygen atoms in total. The molecule has 0 saturated carbocycles. The van der Waals surface area contributed by atoms with E-state index in [4.69, 9.17) is 37.9 Å². The van der Waals surface area contributed by atoms with Gasteiger partial charge in [0.15, 0.2) is 23.0 Å². The fourth-order valence-corrected chi connectivity index (χ4v) is 6.93. The summed E-state index contributed by atoms with van der Waals surface area (Å²) in [5, 5.41) is 0. The van der Waals surface area contributed by atoms with Gasteiger partial charge in [0.25, 0.3) is 0 Å². The van der Waals surface area contributed by atoms with E-state index in [9.17, 15) is 0 Å². The summed E-state index contributed by atoms with van der Waals surface area (Å²) in [5.74, 6) is 2.75. The largest absolute Gasteiger partial charge is 0.487 e. The van der Waals surface area contributed by atoms with Crippen molar-refractivity contribution < 1.29 is 37.9 Å². The molecule has 4 aromatic rings. The van der Waals surface area contributed by atoms with Crippen molar-refractivity contribution in [3.63, 3.8) is 0 Å². The van der Waals surface area contributed by atoms with Crippen LogP contribution in [0.4, 0.5) is 0 Å². The molecule has 0 bridgehead atoms. The number of hydrogen-bond donors (Lipinski definition) is 0. The Balaban J connectivity index is 1.74. The lowest BCUT2D eigenvalue weighted by molar-refractivity contribution is 0.0995. The predicted octanol–water partition coefficient (Wildman–Crippen LogP) is 8.33. The van der Waals surface area contributed by atoms with Crippen molar-refractivity contribution in [3.8, 4) is 34.1 Å². The highest BCUT2D eigenvalue weighted by Gasteiger charge is 2.47. The second-order valence-electron chi connectivity index (χ2n) is 12.3. The summed E-state index contributed by atoms with van der Waals surface area (Å²) in [5.41, 5.74) is 8.09. The van der Waals surface area contributed by atoms with E-state index in [1.165, 1.54) is 22.3 Å². The van der Waals surface area contributed by atoms with E-state index in [-0.39, 0.29) is 0 Å². The normalized spacial score (nSPS) is 12.7. The van der Waals surface area contributed by atoms with Gasteiger partial charge in [0.05, 0.1) is 31.8 Å². The molecule has 5 rings (SSSR count). The molecule has 0 aromatic heterocycles. The van der Waals surface area contributed by atoms with Gasteiger partial charge in [0.1, 0.15) is 26.4 Å². The van der Waals surface area contributed by atoms with Crippen LogP contribution in [-0.2, 0) is 24.4 Å². The zero-order chi connectivity index (χ0) is 36.1. The number of rotatable bonds is 22. The summed E-state index contributed by atoms with van der Waals surface area (Å²) in [7, 11) is 0. The molecular formula is C43H54O8. The van der Waals surface area contributed by atoms with Gasteiger partial charge < -0.3 is 37.9 Å². The Kier molecular flexibility index (Phi) is 14.2. The molecule has 1 aliphatic rings. The fourth-order valence-electron chi connectivity index (χ4n) is 6.93. The SMILES string of the molecule is CCOCCOc1cc(C2(c3cc(C)c(OCCOCC)c(OCCOCC)c3)c3ccccc3-c3ccccc32)cc(C)c1OCCOCC. The first-order valence-electron chi connectivity index (χ1n) is 18.3. The van der Waals surface area contributed by atoms with E-state index in [1.54, 1.807) is 0 Å². The van der Waals surface area contributed by atoms with Gasteiger partial charge in [-0.15, -0.1) is 0 Å². The Morgan fingerprint density at radius 2 is 0.784 bits per heavy atom. The molecule has 4 aromatic carbocycles. The first kappa shape index (κ1) is 38.2. The van der Waals surface area contributed by atoms with E-state index in [2.05, 4.69) is 86.6 Å². The van der Waals surface area contributed by atoms with Crippen molar-refractivity contribution in [3.05, 3.63) is 106 Å². The van der Waals surface area contributed by atoms with E-state index < -0.39 is 5.41 Å². The minimum absolute atomic E-state index is 0.392. The van der Waals surface area contributed by atoms with Crippen molar-refractivity contribution in [2.75, 3.05) is 79.3 Å². The molecule has 0 fully saturated rings. The second kappa shape index (κ2) is 19.0. The molecule has 0 spiro atoms. The van der Waals surface area contributed by atoms with Crippen LogP contribution in [-0.4, -0.2) is 79.3 Å². The molecule has 8 heteroatoms. The van der Waals surface area contributed by atoms with Crippen LogP contribution in [0.5, 0.6) is 23.0 Å². The fraction of sp³-hybridized carbons (Fsp3) is 0.442. The Bertz CT molecular complexity index is 1570. The maximum Gasteiger partial charge on any atom is 0.164 e. The number of hydrogen-bond acceptors (Lipinski definition) is 8. The van der Waals surface area contributed by atoms with Gasteiger partial charge in [-0.25, -0.2) is 0 Å². The zero-order valence-corrected chi connectivity index (χ0v) is 31.2. The van der Waals surface area contributed by atoms with Gasteiger partial charge in [0, 0.05) is 26.4 Å². The van der Waals surface area contributed by atoms with Crippen LogP contribution in [0.3, 0.4) is 0 Å². The Morgan fingerprint density at radius 1 is 0.431 bits per heavy atom. The van der Waals surface area contributed by atoms with Crippen LogP contribution in [0.2, 0.25) is 0 Å². The highest BCUT2D eigenvalue weighted by Crippen LogP contribution is 2.58. The van der Waals surface area contributed by atoms with E-state index in [0.717, 1.165) is 22.3 Å². The molecule has 0 unspecified atom stereocenters. The average Bonchev–Trinajstić information content (AvgIpc) is 3.44. The molecule has 1 aliphatic carbocycles. The summed E-state index contributed by atoms with van der Waals surface area (Å²) >= 11 is 0. The maximum atomic E-state index is 6.48. The maximum absolute atomic E-state index is 6.48. The Morgan fingerprint density at radius 3 is 1.16 bits per heavy atom. The van der Waals surface area contributed by atoms with E-state index >= 15 is 0 Å². The Hall–Kier alpha value is -4.08. The molecular weight excluding hydrogens is 644 g/mol. The van der Waals surface area contributed by atoms with Gasteiger partial charge >= 0.3 is 0 Å². The summed E-state index contributed by atoms with van der Waals surface area (Å²) in [6.45, 7) is 18.1. The molecule has 51 heavy (non-hydrogen) atoms. The molecule has 274 valence electrons. The number of aryl methyl sites for hydroxylation is 2. The average molecular weight is 699 g/mol. The highest BCUT2D eigenvalue weighted by molar-refractivity contribution is 5.87. The zero-order valence-electron chi connectivity index (χ0n) is 31.2. The first-order chi connectivity index (χ1) is 25.0. The van der Waals surface area contributed by atoms with Crippen molar-refractivity contribution in [1.29, 1.82) is 0 Å². The summed E-state index contributed by atoms with van der Waals surface area (Å²) in [6, 6.07) is 26.1. The van der Waals surface area contributed by atoms with Crippen LogP contribution in [0, 0.1) is 13.8 Å². The van der Waals surface area contributed by atoms with E-state index in [0.29, 0.717) is 102 Å². The molecule has 0 heterocycles.